The summed E-state index contributed by atoms with van der Waals surface area (Å²) in [4.78, 5) is 26.6. The second-order valence-corrected chi connectivity index (χ2v) is 6.00. The minimum atomic E-state index is -0.508. The van der Waals surface area contributed by atoms with Crippen LogP contribution in [0, 0.1) is 0 Å². The highest BCUT2D eigenvalue weighted by molar-refractivity contribution is 5.56. The van der Waals surface area contributed by atoms with E-state index in [4.69, 9.17) is 11.5 Å². The Balaban J connectivity index is 2.29. The molecule has 2 aromatic rings. The lowest BCUT2D eigenvalue weighted by molar-refractivity contribution is 0.553. The molecule has 7 heteroatoms. The summed E-state index contributed by atoms with van der Waals surface area (Å²) in [6.45, 7) is 2.61. The van der Waals surface area contributed by atoms with Gasteiger partial charge in [0.2, 0.25) is 0 Å². The summed E-state index contributed by atoms with van der Waals surface area (Å²) in [5.41, 5.74) is 12.9. The fourth-order valence-corrected chi connectivity index (χ4v) is 2.57. The van der Waals surface area contributed by atoms with Gasteiger partial charge in [-0.15, -0.1) is 0 Å². The van der Waals surface area contributed by atoms with Gasteiger partial charge in [-0.2, -0.15) is 0 Å². The molecule has 0 atom stereocenters. The zero-order valence-electron chi connectivity index (χ0n) is 14.5. The first kappa shape index (κ1) is 17.7. The van der Waals surface area contributed by atoms with Crippen LogP contribution in [0.2, 0.25) is 0 Å². The standard InChI is InChI=1S/C17H25N5O2/c1-4-10-22-16(23)14(18)15(19)21(17(22)24)11-9-12-5-7-13(8-6-12)20(2)3/h5-8H,4,9-11,18-19H2,1-3H3. The number of nitrogens with zero attached hydrogens (tertiary/aromatic N) is 3. The van der Waals surface area contributed by atoms with Crippen molar-refractivity contribution in [3.05, 3.63) is 50.7 Å². The van der Waals surface area contributed by atoms with Gasteiger partial charge >= 0.3 is 5.69 Å². The minimum Gasteiger partial charge on any atom is -0.391 e. The fraction of sp³-hybridized carbons (Fsp3) is 0.412. The molecule has 0 aliphatic carbocycles. The Hall–Kier alpha value is -2.70. The topological polar surface area (TPSA) is 99.3 Å². The molecule has 7 nitrogen and oxygen atoms in total. The van der Waals surface area contributed by atoms with E-state index in [1.54, 1.807) is 0 Å². The average molecular weight is 331 g/mol. The Morgan fingerprint density at radius 2 is 1.62 bits per heavy atom. The van der Waals surface area contributed by atoms with E-state index in [0.29, 0.717) is 25.9 Å². The van der Waals surface area contributed by atoms with Gasteiger partial charge in [0.05, 0.1) is 0 Å². The second-order valence-electron chi connectivity index (χ2n) is 6.00. The second kappa shape index (κ2) is 7.25. The summed E-state index contributed by atoms with van der Waals surface area (Å²) in [5, 5.41) is 0. The number of rotatable bonds is 6. The Labute approximate surface area is 141 Å². The molecule has 4 N–H and O–H groups in total. The smallest absolute Gasteiger partial charge is 0.332 e. The number of benzene rings is 1. The molecule has 0 radical (unpaired) electrons. The van der Waals surface area contributed by atoms with Crippen LogP contribution in [0.3, 0.4) is 0 Å². The normalized spacial score (nSPS) is 10.8. The molecule has 2 rings (SSSR count). The van der Waals surface area contributed by atoms with E-state index in [0.717, 1.165) is 15.8 Å². The lowest BCUT2D eigenvalue weighted by Crippen LogP contribution is -2.42. The molecule has 0 aliphatic heterocycles. The minimum absolute atomic E-state index is 0.0438. The molecular weight excluding hydrogens is 306 g/mol. The highest BCUT2D eigenvalue weighted by Crippen LogP contribution is 2.14. The molecule has 0 amide bonds. The van der Waals surface area contributed by atoms with Gasteiger partial charge < -0.3 is 16.4 Å². The van der Waals surface area contributed by atoms with Gasteiger partial charge in [-0.3, -0.25) is 13.9 Å². The number of hydrogen-bond acceptors (Lipinski definition) is 5. The van der Waals surface area contributed by atoms with Crippen LogP contribution in [-0.4, -0.2) is 23.2 Å². The van der Waals surface area contributed by atoms with E-state index in [-0.39, 0.29) is 11.5 Å². The van der Waals surface area contributed by atoms with E-state index >= 15 is 0 Å². The summed E-state index contributed by atoms with van der Waals surface area (Å²) in [6.07, 6.45) is 1.30. The predicted molar refractivity (Wildman–Crippen MR) is 98.6 cm³/mol. The number of aryl methyl sites for hydroxylation is 1. The van der Waals surface area contributed by atoms with E-state index < -0.39 is 11.2 Å². The monoisotopic (exact) mass is 331 g/mol. The average Bonchev–Trinajstić information content (AvgIpc) is 2.57. The Bertz CT molecular complexity index is 819. The summed E-state index contributed by atoms with van der Waals surface area (Å²) in [7, 11) is 3.96. The highest BCUT2D eigenvalue weighted by Gasteiger charge is 2.14. The lowest BCUT2D eigenvalue weighted by atomic mass is 10.1. The quantitative estimate of drug-likeness (QED) is 0.819. The summed E-state index contributed by atoms with van der Waals surface area (Å²) in [6, 6.07) is 8.08. The van der Waals surface area contributed by atoms with Crippen molar-refractivity contribution in [3.8, 4) is 0 Å². The molecule has 1 aromatic carbocycles. The van der Waals surface area contributed by atoms with E-state index in [1.807, 2.05) is 50.2 Å². The first-order valence-electron chi connectivity index (χ1n) is 8.01. The third-order valence-electron chi connectivity index (χ3n) is 4.03. The van der Waals surface area contributed by atoms with Gasteiger partial charge in [0, 0.05) is 32.9 Å². The van der Waals surface area contributed by atoms with Crippen molar-refractivity contribution in [2.45, 2.75) is 32.9 Å². The molecule has 0 fully saturated rings. The molecule has 24 heavy (non-hydrogen) atoms. The van der Waals surface area contributed by atoms with Crippen LogP contribution >= 0.6 is 0 Å². The maximum atomic E-state index is 12.5. The van der Waals surface area contributed by atoms with Crippen LogP contribution in [-0.2, 0) is 19.5 Å². The van der Waals surface area contributed by atoms with Crippen LogP contribution in [0.1, 0.15) is 18.9 Å². The summed E-state index contributed by atoms with van der Waals surface area (Å²) >= 11 is 0. The number of aromatic nitrogens is 2. The van der Waals surface area contributed by atoms with Gasteiger partial charge in [0.1, 0.15) is 11.5 Å². The van der Waals surface area contributed by atoms with Crippen LogP contribution in [0.15, 0.2) is 33.9 Å². The van der Waals surface area contributed by atoms with Crippen LogP contribution in [0.5, 0.6) is 0 Å². The van der Waals surface area contributed by atoms with Crippen molar-refractivity contribution < 1.29 is 0 Å². The van der Waals surface area contributed by atoms with Crippen molar-refractivity contribution in [1.29, 1.82) is 0 Å². The Kier molecular flexibility index (Phi) is 5.33. The van der Waals surface area contributed by atoms with Gasteiger partial charge in [-0.05, 0) is 30.5 Å². The molecule has 0 unspecified atom stereocenters. The lowest BCUT2D eigenvalue weighted by Gasteiger charge is -2.15. The molecular formula is C17H25N5O2. The molecule has 0 saturated heterocycles. The van der Waals surface area contributed by atoms with Gasteiger partial charge in [0.15, 0.2) is 0 Å². The predicted octanol–water partition coefficient (Wildman–Crippen LogP) is 0.893. The molecule has 1 aromatic heterocycles. The molecule has 130 valence electrons. The fourth-order valence-electron chi connectivity index (χ4n) is 2.57. The molecule has 0 spiro atoms. The first-order chi connectivity index (χ1) is 11.4. The molecule has 0 saturated carbocycles. The van der Waals surface area contributed by atoms with E-state index in [2.05, 4.69) is 0 Å². The van der Waals surface area contributed by atoms with Crippen molar-refractivity contribution in [3.63, 3.8) is 0 Å². The van der Waals surface area contributed by atoms with Crippen molar-refractivity contribution >= 4 is 17.2 Å². The molecule has 0 bridgehead atoms. The zero-order valence-corrected chi connectivity index (χ0v) is 14.5. The van der Waals surface area contributed by atoms with Crippen LogP contribution in [0.25, 0.3) is 0 Å². The highest BCUT2D eigenvalue weighted by atomic mass is 16.2. The van der Waals surface area contributed by atoms with E-state index in [9.17, 15) is 9.59 Å². The third kappa shape index (κ3) is 3.45. The SMILES string of the molecule is CCCn1c(=O)c(N)c(N)n(CCc2ccc(N(C)C)cc2)c1=O. The number of nitrogens with two attached hydrogens (primary N) is 2. The molecule has 0 aliphatic rings. The number of nitrogen functional groups attached to an aromatic ring is 2. The first-order valence-corrected chi connectivity index (χ1v) is 8.01. The van der Waals surface area contributed by atoms with Crippen molar-refractivity contribution in [2.75, 3.05) is 30.5 Å². The Morgan fingerprint density at radius 3 is 2.17 bits per heavy atom. The maximum Gasteiger partial charge on any atom is 0.332 e. The van der Waals surface area contributed by atoms with E-state index in [1.165, 1.54) is 4.57 Å². The van der Waals surface area contributed by atoms with Gasteiger partial charge in [-0.25, -0.2) is 4.79 Å². The van der Waals surface area contributed by atoms with Crippen molar-refractivity contribution in [2.24, 2.45) is 0 Å². The van der Waals surface area contributed by atoms with Gasteiger partial charge in [0.25, 0.3) is 5.56 Å². The largest absolute Gasteiger partial charge is 0.391 e. The van der Waals surface area contributed by atoms with Crippen LogP contribution < -0.4 is 27.6 Å². The third-order valence-corrected chi connectivity index (χ3v) is 4.03. The van der Waals surface area contributed by atoms with Crippen LogP contribution in [0.4, 0.5) is 17.2 Å². The maximum absolute atomic E-state index is 12.5. The number of anilines is 3. The Morgan fingerprint density at radius 1 is 1.00 bits per heavy atom. The summed E-state index contributed by atoms with van der Waals surface area (Å²) in [5.74, 6) is 0.0438. The zero-order chi connectivity index (χ0) is 17.9. The van der Waals surface area contributed by atoms with Gasteiger partial charge in [-0.1, -0.05) is 19.1 Å². The van der Waals surface area contributed by atoms with Crippen molar-refractivity contribution in [1.82, 2.24) is 9.13 Å². The summed E-state index contributed by atoms with van der Waals surface area (Å²) < 4.78 is 2.53. The molecule has 1 heterocycles. The number of hydrogen-bond donors (Lipinski definition) is 2.